The first-order valence-electron chi connectivity index (χ1n) is 7.31. The SMILES string of the molecule is Cc1cccc(OC2CN(c3ncc4c(ncn4C)n3)C2)c1. The van der Waals surface area contributed by atoms with Crippen LogP contribution in [0, 0.1) is 6.92 Å². The summed E-state index contributed by atoms with van der Waals surface area (Å²) in [6.07, 6.45) is 3.76. The van der Waals surface area contributed by atoms with Gasteiger partial charge in [0.25, 0.3) is 0 Å². The molecule has 3 aromatic rings. The minimum atomic E-state index is 0.185. The predicted molar refractivity (Wildman–Crippen MR) is 84.1 cm³/mol. The second-order valence-corrected chi connectivity index (χ2v) is 5.70. The zero-order chi connectivity index (χ0) is 15.1. The molecule has 2 aromatic heterocycles. The first-order chi connectivity index (χ1) is 10.7. The largest absolute Gasteiger partial charge is 0.487 e. The van der Waals surface area contributed by atoms with Crippen LogP contribution < -0.4 is 9.64 Å². The average molecular weight is 295 g/mol. The van der Waals surface area contributed by atoms with E-state index in [1.165, 1.54) is 5.56 Å². The van der Waals surface area contributed by atoms with Crippen LogP contribution in [0.3, 0.4) is 0 Å². The Hall–Kier alpha value is -2.63. The summed E-state index contributed by atoms with van der Waals surface area (Å²) < 4.78 is 7.87. The van der Waals surface area contributed by atoms with Crippen LogP contribution >= 0.6 is 0 Å². The molecule has 6 heteroatoms. The number of ether oxygens (including phenoxy) is 1. The number of benzene rings is 1. The molecule has 0 saturated carbocycles. The van der Waals surface area contributed by atoms with Gasteiger partial charge in [-0.25, -0.2) is 9.97 Å². The second kappa shape index (κ2) is 4.98. The van der Waals surface area contributed by atoms with Gasteiger partial charge in [0.05, 0.1) is 25.6 Å². The molecule has 1 fully saturated rings. The van der Waals surface area contributed by atoms with Crippen LogP contribution in [0.2, 0.25) is 0 Å². The molecule has 1 saturated heterocycles. The molecule has 0 unspecified atom stereocenters. The molecule has 0 radical (unpaired) electrons. The van der Waals surface area contributed by atoms with Crippen molar-refractivity contribution in [1.82, 2.24) is 19.5 Å². The Labute approximate surface area is 128 Å². The first kappa shape index (κ1) is 13.1. The predicted octanol–water partition coefficient (Wildman–Crippen LogP) is 1.94. The van der Waals surface area contributed by atoms with Gasteiger partial charge >= 0.3 is 0 Å². The van der Waals surface area contributed by atoms with Crippen molar-refractivity contribution in [2.45, 2.75) is 13.0 Å². The number of aromatic nitrogens is 4. The average Bonchev–Trinajstić information content (AvgIpc) is 2.83. The van der Waals surface area contributed by atoms with E-state index in [1.807, 2.05) is 29.9 Å². The van der Waals surface area contributed by atoms with Crippen LogP contribution in [0.4, 0.5) is 5.95 Å². The summed E-state index contributed by atoms with van der Waals surface area (Å²) in [5, 5.41) is 0. The summed E-state index contributed by atoms with van der Waals surface area (Å²) in [5.74, 6) is 1.64. The number of hydrogen-bond donors (Lipinski definition) is 0. The van der Waals surface area contributed by atoms with Crippen LogP contribution in [0.5, 0.6) is 5.75 Å². The van der Waals surface area contributed by atoms with Gasteiger partial charge in [0.15, 0.2) is 5.65 Å². The van der Waals surface area contributed by atoms with Gasteiger partial charge in [0.1, 0.15) is 17.4 Å². The Bertz CT molecular complexity index is 822. The number of aryl methyl sites for hydroxylation is 2. The maximum absolute atomic E-state index is 5.96. The van der Waals surface area contributed by atoms with Gasteiger partial charge in [-0.2, -0.15) is 4.98 Å². The highest BCUT2D eigenvalue weighted by molar-refractivity contribution is 5.71. The van der Waals surface area contributed by atoms with E-state index < -0.39 is 0 Å². The van der Waals surface area contributed by atoms with Crippen molar-refractivity contribution >= 4 is 17.1 Å². The molecule has 0 N–H and O–H groups in total. The van der Waals surface area contributed by atoms with Gasteiger partial charge in [-0.1, -0.05) is 12.1 Å². The van der Waals surface area contributed by atoms with Crippen LogP contribution in [-0.4, -0.2) is 38.7 Å². The monoisotopic (exact) mass is 295 g/mol. The quantitative estimate of drug-likeness (QED) is 0.739. The Morgan fingerprint density at radius 2 is 2.09 bits per heavy atom. The van der Waals surface area contributed by atoms with E-state index in [0.717, 1.165) is 36.0 Å². The van der Waals surface area contributed by atoms with Crippen molar-refractivity contribution < 1.29 is 4.74 Å². The molecule has 1 aliphatic heterocycles. The molecule has 0 bridgehead atoms. The van der Waals surface area contributed by atoms with Crippen molar-refractivity contribution in [3.63, 3.8) is 0 Å². The minimum Gasteiger partial charge on any atom is -0.487 e. The maximum Gasteiger partial charge on any atom is 0.227 e. The molecule has 1 aliphatic rings. The zero-order valence-corrected chi connectivity index (χ0v) is 12.6. The second-order valence-electron chi connectivity index (χ2n) is 5.70. The smallest absolute Gasteiger partial charge is 0.227 e. The molecule has 0 spiro atoms. The molecule has 0 atom stereocenters. The van der Waals surface area contributed by atoms with Gasteiger partial charge < -0.3 is 14.2 Å². The van der Waals surface area contributed by atoms with Crippen LogP contribution in [0.1, 0.15) is 5.56 Å². The van der Waals surface area contributed by atoms with Gasteiger partial charge in [0.2, 0.25) is 5.95 Å². The van der Waals surface area contributed by atoms with E-state index >= 15 is 0 Å². The fourth-order valence-corrected chi connectivity index (χ4v) is 2.61. The number of anilines is 1. The third-order valence-electron chi connectivity index (χ3n) is 3.89. The molecule has 3 heterocycles. The summed E-state index contributed by atoms with van der Waals surface area (Å²) in [4.78, 5) is 15.3. The Morgan fingerprint density at radius 1 is 1.23 bits per heavy atom. The molecule has 0 aliphatic carbocycles. The number of imidazole rings is 1. The Balaban J connectivity index is 1.43. The minimum absolute atomic E-state index is 0.185. The van der Waals surface area contributed by atoms with E-state index in [9.17, 15) is 0 Å². The molecule has 22 heavy (non-hydrogen) atoms. The van der Waals surface area contributed by atoms with Crippen LogP contribution in [-0.2, 0) is 7.05 Å². The zero-order valence-electron chi connectivity index (χ0n) is 12.6. The highest BCUT2D eigenvalue weighted by atomic mass is 16.5. The van der Waals surface area contributed by atoms with E-state index in [2.05, 4.69) is 38.9 Å². The van der Waals surface area contributed by atoms with Crippen molar-refractivity contribution in [1.29, 1.82) is 0 Å². The maximum atomic E-state index is 5.96. The third kappa shape index (κ3) is 2.26. The number of rotatable bonds is 3. The summed E-state index contributed by atoms with van der Waals surface area (Å²) >= 11 is 0. The van der Waals surface area contributed by atoms with Gasteiger partial charge in [-0.05, 0) is 24.6 Å². The Morgan fingerprint density at radius 3 is 2.91 bits per heavy atom. The lowest BCUT2D eigenvalue weighted by Gasteiger charge is -2.38. The molecular weight excluding hydrogens is 278 g/mol. The lowest BCUT2D eigenvalue weighted by Crippen LogP contribution is -2.54. The van der Waals surface area contributed by atoms with E-state index in [4.69, 9.17) is 4.74 Å². The normalized spacial score (nSPS) is 15.1. The number of hydrogen-bond acceptors (Lipinski definition) is 5. The molecular formula is C16H17N5O. The lowest BCUT2D eigenvalue weighted by molar-refractivity contribution is 0.166. The van der Waals surface area contributed by atoms with E-state index in [1.54, 1.807) is 6.33 Å². The third-order valence-corrected chi connectivity index (χ3v) is 3.89. The van der Waals surface area contributed by atoms with Gasteiger partial charge in [-0.15, -0.1) is 0 Å². The standard InChI is InChI=1S/C16H17N5O/c1-11-4-3-5-12(6-11)22-13-8-21(9-13)16-17-7-14-15(19-16)18-10-20(14)2/h3-7,10,13H,8-9H2,1-2H3. The fourth-order valence-electron chi connectivity index (χ4n) is 2.61. The van der Waals surface area contributed by atoms with Crippen molar-refractivity contribution in [2.75, 3.05) is 18.0 Å². The van der Waals surface area contributed by atoms with Crippen molar-refractivity contribution in [2.24, 2.45) is 7.05 Å². The molecule has 6 nitrogen and oxygen atoms in total. The van der Waals surface area contributed by atoms with Gasteiger partial charge in [-0.3, -0.25) is 0 Å². The van der Waals surface area contributed by atoms with Crippen LogP contribution in [0.15, 0.2) is 36.8 Å². The van der Waals surface area contributed by atoms with Gasteiger partial charge in [0, 0.05) is 7.05 Å². The van der Waals surface area contributed by atoms with Crippen LogP contribution in [0.25, 0.3) is 11.2 Å². The van der Waals surface area contributed by atoms with Crippen molar-refractivity contribution in [3.8, 4) is 5.75 Å². The highest BCUT2D eigenvalue weighted by Gasteiger charge is 2.30. The molecule has 4 rings (SSSR count). The number of fused-ring (bicyclic) bond motifs is 1. The molecule has 1 aromatic carbocycles. The lowest BCUT2D eigenvalue weighted by atomic mass is 10.1. The molecule has 112 valence electrons. The topological polar surface area (TPSA) is 56.1 Å². The van der Waals surface area contributed by atoms with E-state index in [0.29, 0.717) is 0 Å². The number of nitrogens with zero attached hydrogens (tertiary/aromatic N) is 5. The first-order valence-corrected chi connectivity index (χ1v) is 7.31. The summed E-state index contributed by atoms with van der Waals surface area (Å²) in [6, 6.07) is 8.13. The summed E-state index contributed by atoms with van der Waals surface area (Å²) in [5.41, 5.74) is 2.88. The Kier molecular flexibility index (Phi) is 2.96. The summed E-state index contributed by atoms with van der Waals surface area (Å²) in [7, 11) is 1.94. The highest BCUT2D eigenvalue weighted by Crippen LogP contribution is 2.23. The van der Waals surface area contributed by atoms with Crippen molar-refractivity contribution in [3.05, 3.63) is 42.4 Å². The fraction of sp³-hybridized carbons (Fsp3) is 0.312. The molecule has 0 amide bonds. The van der Waals surface area contributed by atoms with E-state index in [-0.39, 0.29) is 6.10 Å². The summed E-state index contributed by atoms with van der Waals surface area (Å²) in [6.45, 7) is 3.66.